The number of nitrogens with zero attached hydrogens (tertiary/aromatic N) is 2. The van der Waals surface area contributed by atoms with Gasteiger partial charge in [-0.1, -0.05) is 12.1 Å². The van der Waals surface area contributed by atoms with Crippen LogP contribution >= 0.6 is 0 Å². The molecule has 1 amide bonds. The molecule has 3 rings (SSSR count). The Hall–Kier alpha value is -3.89. The highest BCUT2D eigenvalue weighted by atomic mass is 19.3. The Morgan fingerprint density at radius 3 is 2.18 bits per heavy atom. The number of carbonyl (C=O) groups excluding carboxylic acids is 1. The number of nitrogens with one attached hydrogen (secondary N) is 1. The molecular weight excluding hydrogens is 458 g/mol. The lowest BCUT2D eigenvalue weighted by molar-refractivity contribution is 0.0174. The van der Waals surface area contributed by atoms with Crippen molar-refractivity contribution in [2.75, 3.05) is 0 Å². The lowest BCUT2D eigenvalue weighted by atomic mass is 10.1. The van der Waals surface area contributed by atoms with Gasteiger partial charge in [-0.3, -0.25) is 4.79 Å². The number of alkyl halides is 4. The third kappa shape index (κ3) is 5.36. The molecule has 2 N–H and O–H groups in total. The Balaban J connectivity index is 1.89. The molecule has 1 aromatic heterocycles. The molecule has 0 fully saturated rings. The van der Waals surface area contributed by atoms with Gasteiger partial charge in [-0.2, -0.15) is 5.10 Å². The summed E-state index contributed by atoms with van der Waals surface area (Å²) >= 11 is 0. The summed E-state index contributed by atoms with van der Waals surface area (Å²) in [4.78, 5) is 24.0. The van der Waals surface area contributed by atoms with Crippen molar-refractivity contribution < 1.29 is 37.0 Å². The third-order valence-corrected chi connectivity index (χ3v) is 5.04. The van der Waals surface area contributed by atoms with Gasteiger partial charge < -0.3 is 15.2 Å². The smallest absolute Gasteiger partial charge is 0.335 e. The van der Waals surface area contributed by atoms with Gasteiger partial charge in [-0.25, -0.2) is 27.0 Å². The molecule has 0 aliphatic rings. The van der Waals surface area contributed by atoms with E-state index in [1.54, 1.807) is 6.92 Å². The number of halogens is 4. The summed E-state index contributed by atoms with van der Waals surface area (Å²) < 4.78 is 60.7. The molecule has 11 heteroatoms. The van der Waals surface area contributed by atoms with Crippen molar-refractivity contribution >= 4 is 11.9 Å². The van der Waals surface area contributed by atoms with E-state index in [1.165, 1.54) is 43.4 Å². The van der Waals surface area contributed by atoms with Gasteiger partial charge >= 0.3 is 5.97 Å². The molecular formula is C23H21F4N3O4. The Kier molecular flexibility index (Phi) is 6.94. The summed E-state index contributed by atoms with van der Waals surface area (Å²) in [5, 5.41) is 15.3. The Bertz CT molecular complexity index is 1190. The van der Waals surface area contributed by atoms with Crippen LogP contribution in [-0.2, 0) is 13.0 Å². The molecule has 180 valence electrons. The van der Waals surface area contributed by atoms with Gasteiger partial charge in [0.25, 0.3) is 18.3 Å². The molecule has 2 aromatic carbocycles. The number of hydrogen-bond acceptors (Lipinski definition) is 4. The first-order valence-electron chi connectivity index (χ1n) is 10.0. The van der Waals surface area contributed by atoms with Crippen LogP contribution in [0.3, 0.4) is 0 Å². The number of rotatable bonds is 8. The van der Waals surface area contributed by atoms with Gasteiger partial charge in [0.2, 0.25) is 5.88 Å². The van der Waals surface area contributed by atoms with Crippen LogP contribution in [0, 0.1) is 0 Å². The molecule has 34 heavy (non-hydrogen) atoms. The minimum atomic E-state index is -3.09. The summed E-state index contributed by atoms with van der Waals surface area (Å²) in [7, 11) is 1.31. The lowest BCUT2D eigenvalue weighted by Gasteiger charge is -2.16. The highest BCUT2D eigenvalue weighted by molar-refractivity contribution is 5.98. The number of amides is 1. The van der Waals surface area contributed by atoms with E-state index in [2.05, 4.69) is 10.4 Å². The molecule has 0 aliphatic carbocycles. The summed E-state index contributed by atoms with van der Waals surface area (Å²) in [6.45, 7) is 2.33. The normalized spacial score (nSPS) is 12.5. The van der Waals surface area contributed by atoms with E-state index in [-0.39, 0.29) is 22.8 Å². The summed E-state index contributed by atoms with van der Waals surface area (Å²) in [6.07, 6.45) is -3.09. The minimum Gasteiger partial charge on any atom is -0.478 e. The maximum Gasteiger partial charge on any atom is 0.335 e. The van der Waals surface area contributed by atoms with E-state index in [4.69, 9.17) is 9.84 Å². The molecule has 0 radical (unpaired) electrons. The van der Waals surface area contributed by atoms with Crippen molar-refractivity contribution in [2.24, 2.45) is 7.05 Å². The summed E-state index contributed by atoms with van der Waals surface area (Å²) in [5.74, 6) is -5.33. The number of hydrogen-bond donors (Lipinski definition) is 2. The average molecular weight is 479 g/mol. The molecule has 0 saturated heterocycles. The van der Waals surface area contributed by atoms with Gasteiger partial charge in [0.1, 0.15) is 17.0 Å². The van der Waals surface area contributed by atoms with Crippen LogP contribution in [0.25, 0.3) is 0 Å². The standard InChI is InChI=1S/C23H21F4N3O4/c1-12(13-4-6-14(7-5-13)22(32)33)28-20(31)17-18(19(24)25)29-30(3)21(17)34-16-10-8-15(9-11-16)23(2,26)27/h4-12,19H,1-3H3,(H,28,31)(H,32,33)/t12-/m0/s1. The first-order chi connectivity index (χ1) is 15.9. The lowest BCUT2D eigenvalue weighted by Crippen LogP contribution is -2.27. The van der Waals surface area contributed by atoms with Gasteiger partial charge in [0.15, 0.2) is 0 Å². The number of aromatic nitrogens is 2. The Morgan fingerprint density at radius 2 is 1.68 bits per heavy atom. The third-order valence-electron chi connectivity index (χ3n) is 5.04. The number of ether oxygens (including phenoxy) is 1. The SMILES string of the molecule is C[C@H](NC(=O)c1c(C(F)F)nn(C)c1Oc1ccc(C(C)(F)F)cc1)c1ccc(C(=O)O)cc1. The van der Waals surface area contributed by atoms with E-state index >= 15 is 0 Å². The Morgan fingerprint density at radius 1 is 1.09 bits per heavy atom. The van der Waals surface area contributed by atoms with Crippen LogP contribution in [0.2, 0.25) is 0 Å². The van der Waals surface area contributed by atoms with E-state index in [0.29, 0.717) is 5.56 Å². The van der Waals surface area contributed by atoms with E-state index in [0.717, 1.165) is 23.7 Å². The summed E-state index contributed by atoms with van der Waals surface area (Å²) in [5.41, 5.74) is -0.980. The van der Waals surface area contributed by atoms with Gasteiger partial charge in [-0.15, -0.1) is 0 Å². The van der Waals surface area contributed by atoms with Crippen molar-refractivity contribution in [3.8, 4) is 11.6 Å². The molecule has 0 saturated carbocycles. The molecule has 0 spiro atoms. The molecule has 1 atom stereocenters. The molecule has 7 nitrogen and oxygen atoms in total. The zero-order chi connectivity index (χ0) is 25.2. The average Bonchev–Trinajstić information content (AvgIpc) is 3.10. The first-order valence-corrected chi connectivity index (χ1v) is 10.0. The fraction of sp³-hybridized carbons (Fsp3) is 0.261. The quantitative estimate of drug-likeness (QED) is 0.419. The second-order valence-corrected chi connectivity index (χ2v) is 7.63. The van der Waals surface area contributed by atoms with Crippen molar-refractivity contribution in [1.82, 2.24) is 15.1 Å². The highest BCUT2D eigenvalue weighted by Crippen LogP contribution is 2.34. The van der Waals surface area contributed by atoms with Crippen LogP contribution in [0.1, 0.15) is 63.9 Å². The number of carboxylic acid groups (broad SMARTS) is 1. The minimum absolute atomic E-state index is 0.0446. The molecule has 1 heterocycles. The van der Waals surface area contributed by atoms with Gasteiger partial charge in [-0.05, 0) is 48.9 Å². The predicted octanol–water partition coefficient (Wildman–Crippen LogP) is 5.45. The van der Waals surface area contributed by atoms with Crippen LogP contribution in [0.4, 0.5) is 17.6 Å². The van der Waals surface area contributed by atoms with E-state index in [9.17, 15) is 27.2 Å². The summed E-state index contributed by atoms with van der Waals surface area (Å²) in [6, 6.07) is 9.75. The van der Waals surface area contributed by atoms with Crippen molar-refractivity contribution in [3.05, 3.63) is 76.5 Å². The number of carbonyl (C=O) groups is 2. The van der Waals surface area contributed by atoms with E-state index in [1.807, 2.05) is 0 Å². The van der Waals surface area contributed by atoms with Crippen LogP contribution in [-0.4, -0.2) is 26.8 Å². The van der Waals surface area contributed by atoms with Crippen molar-refractivity contribution in [3.63, 3.8) is 0 Å². The van der Waals surface area contributed by atoms with Crippen LogP contribution in [0.15, 0.2) is 48.5 Å². The maximum absolute atomic E-state index is 13.6. The molecule has 3 aromatic rings. The van der Waals surface area contributed by atoms with Crippen molar-refractivity contribution in [2.45, 2.75) is 32.2 Å². The highest BCUT2D eigenvalue weighted by Gasteiger charge is 2.31. The van der Waals surface area contributed by atoms with Crippen LogP contribution in [0.5, 0.6) is 11.6 Å². The monoisotopic (exact) mass is 479 g/mol. The molecule has 0 unspecified atom stereocenters. The number of carboxylic acids is 1. The number of aryl methyl sites for hydroxylation is 1. The zero-order valence-corrected chi connectivity index (χ0v) is 18.4. The second kappa shape index (κ2) is 9.54. The van der Waals surface area contributed by atoms with Gasteiger partial charge in [0, 0.05) is 19.5 Å². The van der Waals surface area contributed by atoms with Crippen LogP contribution < -0.4 is 10.1 Å². The van der Waals surface area contributed by atoms with E-state index < -0.39 is 41.5 Å². The van der Waals surface area contributed by atoms with Crippen molar-refractivity contribution in [1.29, 1.82) is 0 Å². The molecule has 0 aliphatic heterocycles. The maximum atomic E-state index is 13.6. The first kappa shape index (κ1) is 24.7. The molecule has 0 bridgehead atoms. The fourth-order valence-electron chi connectivity index (χ4n) is 3.21. The number of benzene rings is 2. The number of aromatic carboxylic acids is 1. The Labute approximate surface area is 192 Å². The largest absolute Gasteiger partial charge is 0.478 e. The topological polar surface area (TPSA) is 93.5 Å². The predicted molar refractivity (Wildman–Crippen MR) is 114 cm³/mol. The second-order valence-electron chi connectivity index (χ2n) is 7.63. The fourth-order valence-corrected chi connectivity index (χ4v) is 3.21. The van der Waals surface area contributed by atoms with Gasteiger partial charge in [0.05, 0.1) is 11.6 Å². The zero-order valence-electron chi connectivity index (χ0n) is 18.4.